The summed E-state index contributed by atoms with van der Waals surface area (Å²) in [6.45, 7) is 1.81. The Morgan fingerprint density at radius 2 is 2.40 bits per heavy atom. The van der Waals surface area contributed by atoms with E-state index >= 15 is 0 Å². The fourth-order valence-corrected chi connectivity index (χ4v) is 1.32. The average Bonchev–Trinajstić information content (AvgIpc) is 1.95. The van der Waals surface area contributed by atoms with Crippen molar-refractivity contribution in [3.8, 4) is 0 Å². The summed E-state index contributed by atoms with van der Waals surface area (Å²) in [7, 11) is 0. The molecule has 0 amide bonds. The van der Waals surface area contributed by atoms with Gasteiger partial charge in [0.15, 0.2) is 5.43 Å². The molecule has 10 heavy (non-hydrogen) atoms. The third-order valence-corrected chi connectivity index (χ3v) is 2.01. The number of rotatable bonds is 1. The zero-order valence-electron chi connectivity index (χ0n) is 5.65. The summed E-state index contributed by atoms with van der Waals surface area (Å²) in [4.78, 5) is 13.9. The summed E-state index contributed by atoms with van der Waals surface area (Å²) >= 11 is 3.27. The van der Waals surface area contributed by atoms with Gasteiger partial charge >= 0.3 is 0 Å². The van der Waals surface area contributed by atoms with Crippen LogP contribution in [0.2, 0.25) is 0 Å². The molecule has 0 unspecified atom stereocenters. The van der Waals surface area contributed by atoms with Crippen molar-refractivity contribution in [2.75, 3.05) is 0 Å². The van der Waals surface area contributed by atoms with E-state index in [0.717, 1.165) is 11.3 Å². The van der Waals surface area contributed by atoms with E-state index in [-0.39, 0.29) is 5.43 Å². The molecule has 3 heteroatoms. The van der Waals surface area contributed by atoms with Crippen LogP contribution in [0.4, 0.5) is 0 Å². The molecule has 0 aromatic carbocycles. The maximum absolute atomic E-state index is 11.0. The van der Waals surface area contributed by atoms with Crippen LogP contribution in [0.3, 0.4) is 0 Å². The van der Waals surface area contributed by atoms with Gasteiger partial charge in [0.2, 0.25) is 0 Å². The molecular weight excluding hydrogens is 194 g/mol. The average molecular weight is 202 g/mol. The number of halogens is 1. The van der Waals surface area contributed by atoms with E-state index in [4.69, 9.17) is 0 Å². The molecule has 54 valence electrons. The first kappa shape index (κ1) is 7.54. The second-order valence-electron chi connectivity index (χ2n) is 2.08. The van der Waals surface area contributed by atoms with E-state index in [9.17, 15) is 4.79 Å². The van der Waals surface area contributed by atoms with Gasteiger partial charge in [0.25, 0.3) is 0 Å². The van der Waals surface area contributed by atoms with Crippen LogP contribution in [0.5, 0.6) is 0 Å². The maximum atomic E-state index is 11.0. The third kappa shape index (κ3) is 1.29. The van der Waals surface area contributed by atoms with E-state index in [2.05, 4.69) is 20.9 Å². The number of hydrogen-bond acceptors (Lipinski definition) is 1. The van der Waals surface area contributed by atoms with Crippen molar-refractivity contribution in [1.29, 1.82) is 0 Å². The first-order chi connectivity index (χ1) is 4.75. The van der Waals surface area contributed by atoms with Crippen molar-refractivity contribution in [1.82, 2.24) is 4.98 Å². The Hall–Kier alpha value is -0.570. The molecule has 1 rings (SSSR count). The van der Waals surface area contributed by atoms with Crippen LogP contribution in [-0.2, 0) is 5.33 Å². The summed E-state index contributed by atoms with van der Waals surface area (Å²) in [5.74, 6) is 0. The Morgan fingerprint density at radius 1 is 1.70 bits per heavy atom. The number of pyridine rings is 1. The molecule has 0 aliphatic heterocycles. The van der Waals surface area contributed by atoms with E-state index in [1.807, 2.05) is 6.92 Å². The van der Waals surface area contributed by atoms with Crippen LogP contribution in [0, 0.1) is 6.92 Å². The van der Waals surface area contributed by atoms with Gasteiger partial charge in [-0.1, -0.05) is 15.9 Å². The molecule has 0 atom stereocenters. The lowest BCUT2D eigenvalue weighted by Crippen LogP contribution is -2.06. The minimum Gasteiger partial charge on any atom is -0.364 e. The lowest BCUT2D eigenvalue weighted by atomic mass is 10.2. The molecule has 0 saturated heterocycles. The van der Waals surface area contributed by atoms with Crippen LogP contribution in [0.1, 0.15) is 11.3 Å². The van der Waals surface area contributed by atoms with Crippen molar-refractivity contribution < 1.29 is 0 Å². The number of nitrogens with one attached hydrogen (secondary N) is 1. The van der Waals surface area contributed by atoms with Crippen molar-refractivity contribution in [3.05, 3.63) is 33.7 Å². The number of hydrogen-bond donors (Lipinski definition) is 1. The van der Waals surface area contributed by atoms with Crippen LogP contribution >= 0.6 is 15.9 Å². The first-order valence-electron chi connectivity index (χ1n) is 2.99. The van der Waals surface area contributed by atoms with E-state index in [1.54, 1.807) is 6.20 Å². The lowest BCUT2D eigenvalue weighted by molar-refractivity contribution is 1.12. The molecule has 0 spiro atoms. The first-order valence-corrected chi connectivity index (χ1v) is 4.11. The molecule has 1 aromatic rings. The van der Waals surface area contributed by atoms with Crippen LogP contribution < -0.4 is 5.43 Å². The predicted octanol–water partition coefficient (Wildman–Crippen LogP) is 1.58. The molecule has 1 aromatic heterocycles. The minimum atomic E-state index is 0.0909. The fourth-order valence-electron chi connectivity index (χ4n) is 0.739. The van der Waals surface area contributed by atoms with Gasteiger partial charge in [0, 0.05) is 28.9 Å². The number of aromatic amines is 1. The SMILES string of the molecule is Cc1c(CBr)[nH]ccc1=O. The van der Waals surface area contributed by atoms with Crippen LogP contribution in [-0.4, -0.2) is 4.98 Å². The van der Waals surface area contributed by atoms with E-state index in [0.29, 0.717) is 5.33 Å². The molecule has 0 fully saturated rings. The Morgan fingerprint density at radius 3 is 2.90 bits per heavy atom. The highest BCUT2D eigenvalue weighted by Crippen LogP contribution is 2.02. The number of alkyl halides is 1. The Balaban J connectivity index is 3.28. The molecule has 0 radical (unpaired) electrons. The molecule has 0 bridgehead atoms. The monoisotopic (exact) mass is 201 g/mol. The van der Waals surface area contributed by atoms with Gasteiger partial charge in [0.1, 0.15) is 0 Å². The molecule has 0 aliphatic rings. The van der Waals surface area contributed by atoms with Crippen LogP contribution in [0.15, 0.2) is 17.1 Å². The van der Waals surface area contributed by atoms with Crippen molar-refractivity contribution in [2.24, 2.45) is 0 Å². The normalized spacial score (nSPS) is 9.80. The largest absolute Gasteiger partial charge is 0.364 e. The third-order valence-electron chi connectivity index (χ3n) is 1.45. The highest BCUT2D eigenvalue weighted by molar-refractivity contribution is 9.08. The highest BCUT2D eigenvalue weighted by atomic mass is 79.9. The molecule has 0 saturated carbocycles. The number of aromatic nitrogens is 1. The zero-order valence-corrected chi connectivity index (χ0v) is 7.23. The molecule has 1 heterocycles. The molecular formula is C7H8BrNO. The molecule has 2 nitrogen and oxygen atoms in total. The summed E-state index contributed by atoms with van der Waals surface area (Å²) in [6.07, 6.45) is 1.66. The smallest absolute Gasteiger partial charge is 0.184 e. The topological polar surface area (TPSA) is 32.9 Å². The van der Waals surface area contributed by atoms with Crippen LogP contribution in [0.25, 0.3) is 0 Å². The van der Waals surface area contributed by atoms with Gasteiger partial charge in [-0.2, -0.15) is 0 Å². The quantitative estimate of drug-likeness (QED) is 0.689. The van der Waals surface area contributed by atoms with Gasteiger partial charge in [-0.3, -0.25) is 4.79 Å². The Kier molecular flexibility index (Phi) is 2.27. The second kappa shape index (κ2) is 3.01. The fraction of sp³-hybridized carbons (Fsp3) is 0.286. The van der Waals surface area contributed by atoms with Crippen molar-refractivity contribution >= 4 is 15.9 Å². The maximum Gasteiger partial charge on any atom is 0.184 e. The van der Waals surface area contributed by atoms with Gasteiger partial charge in [-0.25, -0.2) is 0 Å². The summed E-state index contributed by atoms with van der Waals surface area (Å²) in [5.41, 5.74) is 1.83. The lowest BCUT2D eigenvalue weighted by Gasteiger charge is -1.97. The Labute approximate surface area is 67.4 Å². The predicted molar refractivity (Wildman–Crippen MR) is 44.4 cm³/mol. The molecule has 1 N–H and O–H groups in total. The zero-order chi connectivity index (χ0) is 7.56. The van der Waals surface area contributed by atoms with E-state index < -0.39 is 0 Å². The minimum absolute atomic E-state index is 0.0909. The summed E-state index contributed by atoms with van der Waals surface area (Å²) in [5, 5.41) is 0.703. The standard InChI is InChI=1S/C7H8BrNO/c1-5-6(4-8)9-3-2-7(5)10/h2-3H,4H2,1H3,(H,9,10). The Bertz CT molecular complexity index is 279. The molecule has 0 aliphatic carbocycles. The summed E-state index contributed by atoms with van der Waals surface area (Å²) in [6, 6.07) is 1.53. The van der Waals surface area contributed by atoms with Crippen molar-refractivity contribution in [3.63, 3.8) is 0 Å². The van der Waals surface area contributed by atoms with Gasteiger partial charge in [-0.05, 0) is 6.92 Å². The second-order valence-corrected chi connectivity index (χ2v) is 2.64. The highest BCUT2D eigenvalue weighted by Gasteiger charge is 1.97. The van der Waals surface area contributed by atoms with Gasteiger partial charge in [0.05, 0.1) is 0 Å². The van der Waals surface area contributed by atoms with Gasteiger partial charge in [-0.15, -0.1) is 0 Å². The van der Waals surface area contributed by atoms with E-state index in [1.165, 1.54) is 6.07 Å². The van der Waals surface area contributed by atoms with Crippen molar-refractivity contribution in [2.45, 2.75) is 12.3 Å². The van der Waals surface area contributed by atoms with Gasteiger partial charge < -0.3 is 4.98 Å². The summed E-state index contributed by atoms with van der Waals surface area (Å²) < 4.78 is 0. The number of H-pyrrole nitrogens is 1.